The van der Waals surface area contributed by atoms with E-state index in [0.717, 1.165) is 30.4 Å². The van der Waals surface area contributed by atoms with Gasteiger partial charge < -0.3 is 10.6 Å². The van der Waals surface area contributed by atoms with Gasteiger partial charge in [0.05, 0.1) is 11.8 Å². The van der Waals surface area contributed by atoms with Gasteiger partial charge in [0.1, 0.15) is 4.99 Å². The van der Waals surface area contributed by atoms with E-state index in [9.17, 15) is 0 Å². The summed E-state index contributed by atoms with van der Waals surface area (Å²) in [6, 6.07) is 1.84. The second-order valence-corrected chi connectivity index (χ2v) is 5.26. The number of nitrogens with two attached hydrogens (primary N) is 1. The van der Waals surface area contributed by atoms with E-state index in [1.807, 2.05) is 6.07 Å². The number of aromatic nitrogens is 2. The largest absolute Gasteiger partial charge is 0.389 e. The Labute approximate surface area is 107 Å². The Balaban J connectivity index is 2.25. The highest BCUT2D eigenvalue weighted by molar-refractivity contribution is 7.80. The first-order chi connectivity index (χ1) is 8.09. The molecule has 4 nitrogen and oxygen atoms in total. The van der Waals surface area contributed by atoms with Gasteiger partial charge in [-0.2, -0.15) is 5.10 Å². The van der Waals surface area contributed by atoms with E-state index in [1.165, 1.54) is 6.42 Å². The van der Waals surface area contributed by atoms with Gasteiger partial charge in [-0.15, -0.1) is 5.10 Å². The highest BCUT2D eigenvalue weighted by Crippen LogP contribution is 2.27. The number of rotatable bonds is 2. The van der Waals surface area contributed by atoms with E-state index in [0.29, 0.717) is 10.9 Å². The van der Waals surface area contributed by atoms with E-state index in [-0.39, 0.29) is 0 Å². The zero-order chi connectivity index (χ0) is 12.4. The van der Waals surface area contributed by atoms with Gasteiger partial charge >= 0.3 is 0 Å². The number of piperidine rings is 1. The van der Waals surface area contributed by atoms with Crippen LogP contribution < -0.4 is 10.6 Å². The van der Waals surface area contributed by atoms with Gasteiger partial charge in [0.15, 0.2) is 5.82 Å². The molecular weight excluding hydrogens is 232 g/mol. The standard InChI is InChI=1S/C12H18N4S/c1-8-4-6-16(7-9(8)2)12-10(11(13)17)3-5-14-15-12/h3,5,8-9H,4,6-7H2,1-2H3,(H2,13,17). The van der Waals surface area contributed by atoms with Gasteiger partial charge in [0.2, 0.25) is 0 Å². The molecule has 0 amide bonds. The van der Waals surface area contributed by atoms with Crippen molar-refractivity contribution in [2.24, 2.45) is 17.6 Å². The summed E-state index contributed by atoms with van der Waals surface area (Å²) in [6.45, 7) is 6.57. The number of anilines is 1. The van der Waals surface area contributed by atoms with Crippen molar-refractivity contribution in [3.05, 3.63) is 17.8 Å². The molecule has 1 saturated heterocycles. The molecule has 92 valence electrons. The van der Waals surface area contributed by atoms with Crippen LogP contribution >= 0.6 is 12.2 Å². The summed E-state index contributed by atoms with van der Waals surface area (Å²) in [6.07, 6.45) is 2.81. The monoisotopic (exact) mass is 250 g/mol. The van der Waals surface area contributed by atoms with Crippen molar-refractivity contribution < 1.29 is 0 Å². The van der Waals surface area contributed by atoms with Crippen LogP contribution in [-0.2, 0) is 0 Å². The molecule has 2 N–H and O–H groups in total. The second kappa shape index (κ2) is 4.96. The first-order valence-corrected chi connectivity index (χ1v) is 6.37. The summed E-state index contributed by atoms with van der Waals surface area (Å²) in [5.41, 5.74) is 6.55. The molecule has 2 atom stereocenters. The minimum Gasteiger partial charge on any atom is -0.389 e. The predicted molar refractivity (Wildman–Crippen MR) is 73.1 cm³/mol. The number of thiocarbonyl (C=S) groups is 1. The Kier molecular flexibility index (Phi) is 3.57. The number of nitrogens with zero attached hydrogens (tertiary/aromatic N) is 3. The fourth-order valence-electron chi connectivity index (χ4n) is 2.21. The third-order valence-corrected chi connectivity index (χ3v) is 3.82. The lowest BCUT2D eigenvalue weighted by molar-refractivity contribution is 0.322. The summed E-state index contributed by atoms with van der Waals surface area (Å²) in [5.74, 6) is 2.25. The van der Waals surface area contributed by atoms with E-state index in [1.54, 1.807) is 6.20 Å². The molecule has 2 rings (SSSR count). The van der Waals surface area contributed by atoms with E-state index in [4.69, 9.17) is 18.0 Å². The molecule has 0 radical (unpaired) electrons. The van der Waals surface area contributed by atoms with Gasteiger partial charge in [0, 0.05) is 13.1 Å². The zero-order valence-corrected chi connectivity index (χ0v) is 11.1. The van der Waals surface area contributed by atoms with Crippen LogP contribution in [0.15, 0.2) is 12.3 Å². The average molecular weight is 250 g/mol. The first kappa shape index (κ1) is 12.2. The molecule has 17 heavy (non-hydrogen) atoms. The molecule has 2 heterocycles. The van der Waals surface area contributed by atoms with Crippen molar-refractivity contribution in [1.29, 1.82) is 0 Å². The highest BCUT2D eigenvalue weighted by atomic mass is 32.1. The molecule has 0 spiro atoms. The van der Waals surface area contributed by atoms with Crippen LogP contribution in [0.4, 0.5) is 5.82 Å². The molecule has 5 heteroatoms. The first-order valence-electron chi connectivity index (χ1n) is 5.96. The van der Waals surface area contributed by atoms with Crippen LogP contribution in [0.2, 0.25) is 0 Å². The smallest absolute Gasteiger partial charge is 0.161 e. The van der Waals surface area contributed by atoms with Gasteiger partial charge in [-0.05, 0) is 24.3 Å². The molecule has 1 fully saturated rings. The zero-order valence-electron chi connectivity index (χ0n) is 10.3. The Morgan fingerprint density at radius 1 is 1.47 bits per heavy atom. The summed E-state index contributed by atoms with van der Waals surface area (Å²) in [4.78, 5) is 2.63. The molecule has 0 aliphatic carbocycles. The van der Waals surface area contributed by atoms with Crippen molar-refractivity contribution in [2.75, 3.05) is 18.0 Å². The van der Waals surface area contributed by atoms with Gasteiger partial charge in [-0.1, -0.05) is 26.1 Å². The van der Waals surface area contributed by atoms with Crippen molar-refractivity contribution in [1.82, 2.24) is 10.2 Å². The lowest BCUT2D eigenvalue weighted by atomic mass is 9.88. The fourth-order valence-corrected chi connectivity index (χ4v) is 2.36. The Morgan fingerprint density at radius 3 is 2.88 bits per heavy atom. The van der Waals surface area contributed by atoms with Crippen molar-refractivity contribution in [3.63, 3.8) is 0 Å². The molecular formula is C12H18N4S. The van der Waals surface area contributed by atoms with E-state index >= 15 is 0 Å². The van der Waals surface area contributed by atoms with Gasteiger partial charge in [-0.25, -0.2) is 0 Å². The predicted octanol–water partition coefficient (Wildman–Crippen LogP) is 1.59. The van der Waals surface area contributed by atoms with Crippen molar-refractivity contribution >= 4 is 23.0 Å². The molecule has 0 aromatic carbocycles. The minimum atomic E-state index is 0.390. The van der Waals surface area contributed by atoms with E-state index in [2.05, 4.69) is 28.9 Å². The Morgan fingerprint density at radius 2 is 2.24 bits per heavy atom. The maximum atomic E-state index is 5.72. The highest BCUT2D eigenvalue weighted by Gasteiger charge is 2.25. The Hall–Kier alpha value is -1.23. The van der Waals surface area contributed by atoms with Crippen LogP contribution in [0.3, 0.4) is 0 Å². The maximum Gasteiger partial charge on any atom is 0.161 e. The number of hydrogen-bond acceptors (Lipinski definition) is 4. The summed E-state index contributed by atoms with van der Waals surface area (Å²) in [5, 5.41) is 8.13. The van der Waals surface area contributed by atoms with Crippen LogP contribution in [0.5, 0.6) is 0 Å². The summed E-state index contributed by atoms with van der Waals surface area (Å²) in [7, 11) is 0. The topological polar surface area (TPSA) is 55.0 Å². The normalized spacial score (nSPS) is 24.7. The summed E-state index contributed by atoms with van der Waals surface area (Å²) >= 11 is 5.05. The molecule has 1 aromatic heterocycles. The quantitative estimate of drug-likeness (QED) is 0.808. The van der Waals surface area contributed by atoms with Gasteiger partial charge in [-0.3, -0.25) is 0 Å². The molecule has 2 unspecified atom stereocenters. The van der Waals surface area contributed by atoms with Crippen LogP contribution in [0.25, 0.3) is 0 Å². The molecule has 1 aliphatic heterocycles. The van der Waals surface area contributed by atoms with Crippen molar-refractivity contribution in [2.45, 2.75) is 20.3 Å². The second-order valence-electron chi connectivity index (χ2n) is 4.82. The SMILES string of the molecule is CC1CCN(c2nnccc2C(N)=S)CC1C. The maximum absolute atomic E-state index is 5.72. The third-order valence-electron chi connectivity index (χ3n) is 3.60. The molecule has 0 saturated carbocycles. The fraction of sp³-hybridized carbons (Fsp3) is 0.583. The van der Waals surface area contributed by atoms with Crippen molar-refractivity contribution in [3.8, 4) is 0 Å². The van der Waals surface area contributed by atoms with Gasteiger partial charge in [0.25, 0.3) is 0 Å². The van der Waals surface area contributed by atoms with Crippen LogP contribution in [-0.4, -0.2) is 28.3 Å². The molecule has 1 aromatic rings. The third kappa shape index (κ3) is 2.54. The van der Waals surface area contributed by atoms with Crippen LogP contribution in [0.1, 0.15) is 25.8 Å². The average Bonchev–Trinajstić information content (AvgIpc) is 2.32. The number of hydrogen-bond donors (Lipinski definition) is 1. The molecule has 1 aliphatic rings. The molecule has 0 bridgehead atoms. The van der Waals surface area contributed by atoms with Crippen LogP contribution in [0, 0.1) is 11.8 Å². The summed E-state index contributed by atoms with van der Waals surface area (Å²) < 4.78 is 0. The Bertz CT molecular complexity index is 421. The minimum absolute atomic E-state index is 0.390. The lowest BCUT2D eigenvalue weighted by Gasteiger charge is -2.36. The lowest BCUT2D eigenvalue weighted by Crippen LogP contribution is -2.40. The van der Waals surface area contributed by atoms with E-state index < -0.39 is 0 Å².